The first-order valence-corrected chi connectivity index (χ1v) is 14.8. The molecule has 2 saturated carbocycles. The summed E-state index contributed by atoms with van der Waals surface area (Å²) in [6, 6.07) is 2.33. The van der Waals surface area contributed by atoms with Gasteiger partial charge in [0.25, 0.3) is 0 Å². The summed E-state index contributed by atoms with van der Waals surface area (Å²) >= 11 is 6.61. The molecule has 14 heteroatoms. The van der Waals surface area contributed by atoms with E-state index in [4.69, 9.17) is 27.9 Å². The van der Waals surface area contributed by atoms with Gasteiger partial charge in [-0.1, -0.05) is 18.0 Å². The SMILES string of the molecule is CN(N)/C(=C(\N)COc1ccc(Cl)c2c1C(CN1CC3(CC3)CC1=O)N(C(=O)C1CCC[C@]1(C)C(=O)O)CC2)C(F)(F)F. The fourth-order valence-corrected chi connectivity index (χ4v) is 7.34. The van der Waals surface area contributed by atoms with Crippen LogP contribution in [0, 0.1) is 16.7 Å². The normalized spacial score (nSPS) is 26.8. The first-order chi connectivity index (χ1) is 20.1. The van der Waals surface area contributed by atoms with E-state index in [9.17, 15) is 32.7 Å². The Bertz CT molecular complexity index is 1360. The summed E-state index contributed by atoms with van der Waals surface area (Å²) in [6.45, 7) is 1.83. The molecule has 1 aromatic rings. The molecule has 4 aliphatic rings. The molecule has 43 heavy (non-hydrogen) atoms. The summed E-state index contributed by atoms with van der Waals surface area (Å²) in [4.78, 5) is 42.9. The number of carboxylic acid groups (broad SMARTS) is 1. The maximum atomic E-state index is 14.2. The van der Waals surface area contributed by atoms with Crippen LogP contribution in [0.4, 0.5) is 13.2 Å². The van der Waals surface area contributed by atoms with Gasteiger partial charge in [0.2, 0.25) is 11.8 Å². The van der Waals surface area contributed by atoms with Crippen molar-refractivity contribution in [2.45, 2.75) is 64.1 Å². The highest BCUT2D eigenvalue weighted by molar-refractivity contribution is 6.31. The first-order valence-electron chi connectivity index (χ1n) is 14.4. The van der Waals surface area contributed by atoms with Gasteiger partial charge in [-0.3, -0.25) is 14.4 Å². The van der Waals surface area contributed by atoms with Crippen LogP contribution in [0.1, 0.15) is 62.6 Å². The Hall–Kier alpha value is -3.19. The van der Waals surface area contributed by atoms with Crippen molar-refractivity contribution in [1.82, 2.24) is 14.8 Å². The van der Waals surface area contributed by atoms with E-state index in [1.54, 1.807) is 22.8 Å². The number of amides is 2. The number of alkyl halides is 3. The van der Waals surface area contributed by atoms with E-state index in [-0.39, 0.29) is 36.1 Å². The molecule has 0 aromatic heterocycles. The van der Waals surface area contributed by atoms with E-state index >= 15 is 0 Å². The molecule has 2 aliphatic carbocycles. The van der Waals surface area contributed by atoms with Crippen molar-refractivity contribution in [3.63, 3.8) is 0 Å². The van der Waals surface area contributed by atoms with Crippen molar-refractivity contribution in [3.05, 3.63) is 39.7 Å². The van der Waals surface area contributed by atoms with Crippen LogP contribution in [0.5, 0.6) is 5.75 Å². The Labute approximate surface area is 252 Å². The second kappa shape index (κ2) is 11.1. The molecule has 5 rings (SSSR count). The molecule has 2 aliphatic heterocycles. The molecule has 2 heterocycles. The Morgan fingerprint density at radius 1 is 1.26 bits per heavy atom. The monoisotopic (exact) mass is 627 g/mol. The summed E-state index contributed by atoms with van der Waals surface area (Å²) in [6.07, 6.45) is -0.831. The number of carbonyl (C=O) groups excluding carboxylic acids is 2. The first kappa shape index (κ1) is 31.2. The lowest BCUT2D eigenvalue weighted by Crippen LogP contribution is -2.50. The number of halogens is 4. The van der Waals surface area contributed by atoms with E-state index in [2.05, 4.69) is 0 Å². The van der Waals surface area contributed by atoms with Crippen molar-refractivity contribution < 1.29 is 37.4 Å². The van der Waals surface area contributed by atoms with E-state index in [0.717, 1.165) is 19.9 Å². The van der Waals surface area contributed by atoms with Crippen LogP contribution in [-0.4, -0.2) is 77.2 Å². The maximum Gasteiger partial charge on any atom is 0.434 e. The van der Waals surface area contributed by atoms with Gasteiger partial charge in [0.1, 0.15) is 12.4 Å². The Balaban J connectivity index is 1.54. The number of ether oxygens (including phenoxy) is 1. The summed E-state index contributed by atoms with van der Waals surface area (Å²) in [5.74, 6) is 3.40. The number of fused-ring (bicyclic) bond motifs is 1. The molecule has 2 unspecified atom stereocenters. The molecule has 5 N–H and O–H groups in total. The highest BCUT2D eigenvalue weighted by atomic mass is 35.5. The van der Waals surface area contributed by atoms with Crippen molar-refractivity contribution in [3.8, 4) is 5.75 Å². The Morgan fingerprint density at radius 3 is 2.53 bits per heavy atom. The van der Waals surface area contributed by atoms with Crippen LogP contribution in [0.25, 0.3) is 0 Å². The number of benzene rings is 1. The van der Waals surface area contributed by atoms with Gasteiger partial charge in [0.15, 0.2) is 5.70 Å². The number of carbonyl (C=O) groups is 3. The highest BCUT2D eigenvalue weighted by Crippen LogP contribution is 2.54. The molecule has 1 aromatic carbocycles. The van der Waals surface area contributed by atoms with Crippen LogP contribution in [-0.2, 0) is 20.8 Å². The lowest BCUT2D eigenvalue weighted by Gasteiger charge is -2.42. The van der Waals surface area contributed by atoms with Gasteiger partial charge in [-0.2, -0.15) is 13.2 Å². The quantitative estimate of drug-likeness (QED) is 0.293. The third kappa shape index (κ3) is 5.73. The molecular weight excluding hydrogens is 591 g/mol. The number of hydrogen-bond acceptors (Lipinski definition) is 7. The van der Waals surface area contributed by atoms with Crippen molar-refractivity contribution in [2.75, 3.05) is 33.3 Å². The zero-order valence-corrected chi connectivity index (χ0v) is 24.9. The average Bonchev–Trinajstić information content (AvgIpc) is 3.42. The number of likely N-dealkylation sites (tertiary alicyclic amines) is 1. The van der Waals surface area contributed by atoms with Crippen LogP contribution in [0.2, 0.25) is 5.02 Å². The van der Waals surface area contributed by atoms with Gasteiger partial charge in [0, 0.05) is 43.7 Å². The lowest BCUT2D eigenvalue weighted by molar-refractivity contribution is -0.157. The fraction of sp³-hybridized carbons (Fsp3) is 0.621. The smallest absolute Gasteiger partial charge is 0.434 e. The third-order valence-corrected chi connectivity index (χ3v) is 10.0. The van der Waals surface area contributed by atoms with Gasteiger partial charge in [0.05, 0.1) is 23.1 Å². The molecule has 2 amide bonds. The average molecular weight is 628 g/mol. The summed E-state index contributed by atoms with van der Waals surface area (Å²) in [7, 11) is 1.02. The summed E-state index contributed by atoms with van der Waals surface area (Å²) in [5, 5.41) is 10.8. The number of nitrogens with zero attached hydrogens (tertiary/aromatic N) is 3. The summed E-state index contributed by atoms with van der Waals surface area (Å²) < 4.78 is 46.8. The molecule has 0 bridgehead atoms. The van der Waals surface area contributed by atoms with Crippen molar-refractivity contribution >= 4 is 29.4 Å². The fourth-order valence-electron chi connectivity index (χ4n) is 7.08. The summed E-state index contributed by atoms with van der Waals surface area (Å²) in [5.41, 5.74) is 3.76. The number of rotatable bonds is 8. The van der Waals surface area contributed by atoms with Gasteiger partial charge in [-0.15, -0.1) is 0 Å². The second-order valence-electron chi connectivity index (χ2n) is 12.6. The molecule has 1 spiro atoms. The van der Waals surface area contributed by atoms with Gasteiger partial charge in [-0.25, -0.2) is 5.84 Å². The number of aliphatic carboxylic acids is 1. The van der Waals surface area contributed by atoms with Gasteiger partial charge >= 0.3 is 12.1 Å². The number of hydrazine groups is 1. The van der Waals surface area contributed by atoms with E-state index in [1.165, 1.54) is 6.07 Å². The van der Waals surface area contributed by atoms with Crippen LogP contribution < -0.4 is 16.3 Å². The standard InChI is InChI=1S/C29H37ClF3N5O5/c1-27(26(41)42)8-3-4-17(27)25(40)38-11-7-16-18(30)5-6-21(43-14-19(34)24(36(2)35)29(31,32)33)23(16)20(38)13-37-15-28(9-10-28)12-22(37)39/h5-6,17,20H,3-4,7-15,34-35H2,1-2H3,(H,41,42)/b24-19-/t17?,20?,27-/m0/s1. The number of hydrogen-bond donors (Lipinski definition) is 3. The van der Waals surface area contributed by atoms with Crippen LogP contribution in [0.15, 0.2) is 23.5 Å². The van der Waals surface area contributed by atoms with Crippen molar-refractivity contribution in [1.29, 1.82) is 0 Å². The van der Waals surface area contributed by atoms with E-state index in [0.29, 0.717) is 59.8 Å². The molecule has 10 nitrogen and oxygen atoms in total. The predicted octanol–water partition coefficient (Wildman–Crippen LogP) is 3.59. The molecule has 3 atom stereocenters. The van der Waals surface area contributed by atoms with Crippen LogP contribution in [0.3, 0.4) is 0 Å². The van der Waals surface area contributed by atoms with Gasteiger partial charge in [-0.05, 0) is 62.1 Å². The molecule has 236 valence electrons. The molecular formula is C29H37ClF3N5O5. The van der Waals surface area contributed by atoms with E-state index < -0.39 is 47.5 Å². The van der Waals surface area contributed by atoms with Crippen molar-refractivity contribution in [2.24, 2.45) is 28.3 Å². The minimum Gasteiger partial charge on any atom is -0.487 e. The molecule has 3 fully saturated rings. The number of carboxylic acids is 1. The third-order valence-electron chi connectivity index (χ3n) is 9.66. The largest absolute Gasteiger partial charge is 0.487 e. The number of nitrogens with two attached hydrogens (primary N) is 2. The maximum absolute atomic E-state index is 14.2. The zero-order chi connectivity index (χ0) is 31.5. The van der Waals surface area contributed by atoms with E-state index in [1.807, 2.05) is 0 Å². The minimum absolute atomic E-state index is 0.0364. The second-order valence-corrected chi connectivity index (χ2v) is 13.0. The number of allylic oxidation sites excluding steroid dienone is 1. The Kier molecular flexibility index (Phi) is 8.04. The van der Waals surface area contributed by atoms with Gasteiger partial charge < -0.3 is 30.4 Å². The molecule has 0 radical (unpaired) electrons. The minimum atomic E-state index is -4.82. The lowest BCUT2D eigenvalue weighted by atomic mass is 9.78. The topological polar surface area (TPSA) is 142 Å². The highest BCUT2D eigenvalue weighted by Gasteiger charge is 2.54. The predicted molar refractivity (Wildman–Crippen MR) is 150 cm³/mol. The Morgan fingerprint density at radius 2 is 1.95 bits per heavy atom. The molecule has 1 saturated heterocycles. The zero-order valence-electron chi connectivity index (χ0n) is 24.2. The van der Waals surface area contributed by atoms with Crippen LogP contribution >= 0.6 is 11.6 Å².